The van der Waals surface area contributed by atoms with Crippen molar-refractivity contribution in [3.8, 4) is 44.5 Å². The van der Waals surface area contributed by atoms with Crippen LogP contribution in [0.3, 0.4) is 0 Å². The van der Waals surface area contributed by atoms with Crippen LogP contribution < -0.4 is 31.3 Å². The number of fused-ring (bicyclic) bond motifs is 12. The normalized spacial score (nSPS) is 12.8. The number of hydrogen-bond donors (Lipinski definition) is 0. The van der Waals surface area contributed by atoms with E-state index in [1.54, 1.807) is 42.5 Å². The predicted octanol–water partition coefficient (Wildman–Crippen LogP) is 17.0. The minimum absolute atomic E-state index is 0. The first-order valence-corrected chi connectivity index (χ1v) is 35.5. The van der Waals surface area contributed by atoms with E-state index in [4.69, 9.17) is 24.6 Å². The Morgan fingerprint density at radius 3 is 1.44 bits per heavy atom. The number of ketones is 1. The van der Waals surface area contributed by atoms with E-state index in [1.165, 1.54) is 95.4 Å². The van der Waals surface area contributed by atoms with Crippen LogP contribution in [0, 0.1) is 13.6 Å². The van der Waals surface area contributed by atoms with Gasteiger partial charge >= 0.3 is 41.9 Å². The molecule has 1 amide bonds. The van der Waals surface area contributed by atoms with Gasteiger partial charge in [0.15, 0.2) is 5.78 Å². The summed E-state index contributed by atoms with van der Waals surface area (Å²) in [7, 11) is 3.96. The second-order valence-corrected chi connectivity index (χ2v) is 27.4. The summed E-state index contributed by atoms with van der Waals surface area (Å²) in [6, 6.07) is 47.8. The fourth-order valence-corrected chi connectivity index (χ4v) is 13.8. The van der Waals surface area contributed by atoms with E-state index in [9.17, 15) is 31.0 Å². The van der Waals surface area contributed by atoms with Crippen molar-refractivity contribution in [3.05, 3.63) is 233 Å². The Morgan fingerprint density at radius 2 is 1.01 bits per heavy atom. The zero-order chi connectivity index (χ0) is 61.6. The van der Waals surface area contributed by atoms with Crippen LogP contribution in [0.25, 0.3) is 44.5 Å². The van der Waals surface area contributed by atoms with Crippen LogP contribution >= 0.6 is 162 Å². The van der Waals surface area contributed by atoms with Gasteiger partial charge in [0.2, 0.25) is 0 Å². The van der Waals surface area contributed by atoms with E-state index in [2.05, 4.69) is 196 Å². The van der Waals surface area contributed by atoms with Crippen molar-refractivity contribution in [3.63, 3.8) is 0 Å². The van der Waals surface area contributed by atoms with Crippen molar-refractivity contribution in [2.24, 2.45) is 3.77 Å². The molecule has 0 fully saturated rings. The number of carbonyl (C=O) groups excluding carboxylic acids is 2. The van der Waals surface area contributed by atoms with E-state index in [-0.39, 0.29) is 121 Å². The fraction of sp³-hybridized carbons (Fsp3) is 0.190. The maximum Gasteiger partial charge on any atom is 2.00 e. The predicted molar refractivity (Wildman–Crippen MR) is 389 cm³/mol. The molecular weight excluding hydrogens is 1830 g/mol. The fourth-order valence-electron chi connectivity index (χ4n) is 9.09. The monoisotopic (exact) mass is 1880 g/mol. The van der Waals surface area contributed by atoms with E-state index < -0.39 is 22.9 Å². The molecule has 24 heteroatoms. The number of amides is 1. The molecule has 5 nitrogen and oxygen atoms in total. The molecule has 454 valence electrons. The summed E-state index contributed by atoms with van der Waals surface area (Å²) < 4.78 is 84.8. The molecule has 0 aliphatic heterocycles. The summed E-state index contributed by atoms with van der Waals surface area (Å²) in [5.74, 6) is -6.85. The molecule has 0 saturated carbocycles. The Balaban J connectivity index is 0.000000538. The molecule has 1 atom stereocenters. The Morgan fingerprint density at radius 1 is 0.644 bits per heavy atom. The Labute approximate surface area is 634 Å². The maximum absolute atomic E-state index is 14.5. The van der Waals surface area contributed by atoms with Crippen LogP contribution in [0.1, 0.15) is 78.9 Å². The van der Waals surface area contributed by atoms with E-state index in [0.29, 0.717) is 31.2 Å². The minimum atomic E-state index is -3.10. The number of carbonyl (C=O) groups is 2. The van der Waals surface area contributed by atoms with Crippen molar-refractivity contribution in [2.75, 3.05) is 32.1 Å². The summed E-state index contributed by atoms with van der Waals surface area (Å²) in [5.41, 5.74) is 13.8. The topological polar surface area (TPSA) is 59.0 Å². The van der Waals surface area contributed by atoms with Crippen molar-refractivity contribution < 1.29 is 69.9 Å². The van der Waals surface area contributed by atoms with E-state index in [1.807, 2.05) is 47.5 Å². The van der Waals surface area contributed by atoms with Gasteiger partial charge in [0.05, 0.1) is 33.2 Å². The largest absolute Gasteiger partial charge is 2.00 e. The average molecular weight is 1890 g/mol. The molecule has 1 unspecified atom stereocenters. The van der Waals surface area contributed by atoms with Crippen LogP contribution in [-0.2, 0) is 45.4 Å². The second kappa shape index (κ2) is 38.7. The van der Waals surface area contributed by atoms with Gasteiger partial charge in [0.1, 0.15) is 5.88 Å². The molecule has 87 heavy (non-hydrogen) atoms. The Kier molecular flexibility index (Phi) is 35.8. The average Bonchev–Trinajstić information content (AvgIpc) is 1.61. The maximum atomic E-state index is 14.5. The SMILES string of the molecule is Brc1ccc2c(c1)Cc1cc(I)ccc1-2.Brc1ccc2c(c1)Cc1ccccc1-2.C.CON(C)C(=O)CCl.C[CH-]C.FC1(F)c2cc(Br)ccc2-c2ccc(I)cc21.O=C(CCl)c1ccc2c(c1)C(F)(F)c1cc(Br)ccc1-2.[2H]CS(F)=NSI.[Cl-].[H-].[Li+].[Mg+2]. The van der Waals surface area contributed by atoms with Gasteiger partial charge in [-0.1, -0.05) is 144 Å². The quantitative estimate of drug-likeness (QED) is 0.0252. The molecular formula is C63H54Br4Cl3F5I3LiMgN2O3S2. The summed E-state index contributed by atoms with van der Waals surface area (Å²) >= 11 is 28.9. The Hall–Kier alpha value is -0.646. The zero-order valence-corrected chi connectivity index (χ0v) is 64.5. The van der Waals surface area contributed by atoms with E-state index >= 15 is 0 Å². The minimum Gasteiger partial charge on any atom is -1.00 e. The van der Waals surface area contributed by atoms with Crippen molar-refractivity contribution in [1.29, 1.82) is 0 Å². The van der Waals surface area contributed by atoms with Gasteiger partial charge in [-0.25, -0.2) is 5.06 Å². The van der Waals surface area contributed by atoms with Crippen molar-refractivity contribution >= 4 is 208 Å². The number of rotatable bonds is 5. The molecule has 0 aromatic heterocycles. The van der Waals surface area contributed by atoms with Gasteiger partial charge in [-0.3, -0.25) is 14.4 Å². The number of benzene rings is 8. The van der Waals surface area contributed by atoms with Crippen LogP contribution in [0.4, 0.5) is 21.4 Å². The number of halogens is 15. The third-order valence-corrected chi connectivity index (χ3v) is 18.9. The van der Waals surface area contributed by atoms with Crippen LogP contribution in [0.15, 0.2) is 173 Å². The summed E-state index contributed by atoms with van der Waals surface area (Å²) in [6.45, 7) is 4.00. The molecule has 0 N–H and O–H groups in total. The number of hydroxylamine groups is 2. The van der Waals surface area contributed by atoms with Crippen molar-refractivity contribution in [1.82, 2.24) is 5.06 Å². The van der Waals surface area contributed by atoms with Gasteiger partial charge in [-0.05, 0) is 204 Å². The van der Waals surface area contributed by atoms with Crippen molar-refractivity contribution in [2.45, 2.75) is 46.0 Å². The molecule has 4 aliphatic carbocycles. The molecule has 0 saturated heterocycles. The third-order valence-electron chi connectivity index (χ3n) is 12.8. The van der Waals surface area contributed by atoms with Gasteiger partial charge in [0.25, 0.3) is 17.8 Å². The molecule has 4 aliphatic rings. The number of nitrogens with zero attached hydrogens (tertiary/aromatic N) is 2. The van der Waals surface area contributed by atoms with Gasteiger partial charge < -0.3 is 20.3 Å². The van der Waals surface area contributed by atoms with Gasteiger partial charge in [0, 0.05) is 88.7 Å². The van der Waals surface area contributed by atoms with E-state index in [0.717, 1.165) is 30.6 Å². The van der Waals surface area contributed by atoms with Crippen LogP contribution in [-0.4, -0.2) is 72.0 Å². The molecule has 8 aromatic carbocycles. The second-order valence-electron chi connectivity index (χ2n) is 18.2. The first kappa shape index (κ1) is 80.6. The molecule has 12 rings (SSSR count). The zero-order valence-electron chi connectivity index (χ0n) is 48.4. The smallest absolute Gasteiger partial charge is 1.00 e. The standard InChI is InChI=1S/C15H8BrClF2O.C13H6BrF2I.C13H8BrI.C13H9Br.C4H8ClNO2.C3H7.CH3FINS2.CH4.ClH.Li.Mg.H/c16-9-2-4-11-10-3-1-8(14(20)7-17)5-12(10)15(18,19)13(11)6-9;14-7-1-3-9-10-4-2-8(17)6-12(10)13(15,16)11(9)5-7;14-10-1-3-12-8(6-10)5-9-7-11(15)2-4-13(9)12;14-11-5-6-13-10(8-11)7-9-3-1-2-4-12(9)13;1-6(8-2)4(7)3-5;1-3-2;1-6(2)4-5-3;;;;;/h1-6H,7H2;1-6H;1-4,6-7H,5H2;1-6,8H,7H2;3H2,1-2H3;3H,1-2H3;1H3;1H4;1H;;;/q;;;;;-1;;;;+1;+2;-1/p-1/i;;;;;;1D;;;;;. The van der Waals surface area contributed by atoms with Crippen LogP contribution in [0.2, 0.25) is 0 Å². The molecule has 0 spiro atoms. The Bertz CT molecular complexity index is 3650. The number of alkyl halides is 6. The molecule has 8 aromatic rings. The molecule has 0 radical (unpaired) electrons. The molecule has 0 bridgehead atoms. The number of Topliss-reactive ketones (excluding diaryl/α,β-unsaturated/α-hetero) is 1. The van der Waals surface area contributed by atoms with Crippen LogP contribution in [0.5, 0.6) is 0 Å². The number of hydrogen-bond acceptors (Lipinski definition) is 5. The first-order chi connectivity index (χ1) is 40.0. The van der Waals surface area contributed by atoms with Gasteiger partial charge in [-0.2, -0.15) is 39.1 Å². The molecule has 0 heterocycles. The van der Waals surface area contributed by atoms with Gasteiger partial charge in [-0.15, -0.1) is 23.2 Å². The third kappa shape index (κ3) is 21.4. The summed E-state index contributed by atoms with van der Waals surface area (Å²) in [5, 5.41) is 1.08. The summed E-state index contributed by atoms with van der Waals surface area (Å²) in [6.07, 6.45) is 3.90. The summed E-state index contributed by atoms with van der Waals surface area (Å²) in [4.78, 5) is 26.5. The first-order valence-electron chi connectivity index (χ1n) is 25.3.